The third-order valence-corrected chi connectivity index (χ3v) is 4.14. The first-order chi connectivity index (χ1) is 12.5. The van der Waals surface area contributed by atoms with Gasteiger partial charge < -0.3 is 10.4 Å². The summed E-state index contributed by atoms with van der Waals surface area (Å²) in [5.74, 6) is -0.790. The van der Waals surface area contributed by atoms with E-state index < -0.39 is 5.97 Å². The van der Waals surface area contributed by atoms with Gasteiger partial charge in [-0.25, -0.2) is 4.79 Å². The molecule has 3 aromatic rings. The highest BCUT2D eigenvalue weighted by atomic mass is 79.9. The van der Waals surface area contributed by atoms with Crippen molar-refractivity contribution in [3.05, 3.63) is 64.5 Å². The minimum atomic E-state index is -1.04. The molecule has 0 saturated carbocycles. The van der Waals surface area contributed by atoms with Gasteiger partial charge in [-0.1, -0.05) is 28.1 Å². The first kappa shape index (κ1) is 17.9. The predicted octanol–water partition coefficient (Wildman–Crippen LogP) is 2.62. The summed E-state index contributed by atoms with van der Waals surface area (Å²) in [5.41, 5.74) is 1.19. The number of aromatic nitrogens is 4. The van der Waals surface area contributed by atoms with E-state index in [4.69, 9.17) is 5.11 Å². The molecule has 2 aromatic heterocycles. The van der Waals surface area contributed by atoms with Crippen molar-refractivity contribution in [1.82, 2.24) is 19.6 Å². The fourth-order valence-electron chi connectivity index (χ4n) is 2.31. The summed E-state index contributed by atoms with van der Waals surface area (Å²) >= 11 is 3.40. The van der Waals surface area contributed by atoms with Crippen molar-refractivity contribution in [2.45, 2.75) is 19.5 Å². The molecule has 9 heteroatoms. The minimum Gasteiger partial charge on any atom is -0.478 e. The largest absolute Gasteiger partial charge is 0.478 e. The zero-order chi connectivity index (χ0) is 18.5. The fraction of sp³-hybridized carbons (Fsp3) is 0.176. The van der Waals surface area contributed by atoms with Gasteiger partial charge in [0.05, 0.1) is 18.3 Å². The lowest BCUT2D eigenvalue weighted by molar-refractivity contribution is -0.116. The van der Waals surface area contributed by atoms with Crippen molar-refractivity contribution < 1.29 is 14.7 Å². The summed E-state index contributed by atoms with van der Waals surface area (Å²) in [5, 5.41) is 19.8. The van der Waals surface area contributed by atoms with Crippen LogP contribution in [0.1, 0.15) is 22.3 Å². The Balaban J connectivity index is 1.50. The number of anilines is 1. The lowest BCUT2D eigenvalue weighted by atomic mass is 10.2. The molecule has 0 aliphatic carbocycles. The van der Waals surface area contributed by atoms with Crippen molar-refractivity contribution in [3.63, 3.8) is 0 Å². The second-order valence-corrected chi connectivity index (χ2v) is 6.54. The van der Waals surface area contributed by atoms with Crippen LogP contribution in [-0.2, 0) is 17.9 Å². The smallest absolute Gasteiger partial charge is 0.338 e. The number of carbonyl (C=O) groups excluding carboxylic acids is 1. The maximum Gasteiger partial charge on any atom is 0.338 e. The number of benzene rings is 1. The van der Waals surface area contributed by atoms with E-state index in [2.05, 4.69) is 31.4 Å². The van der Waals surface area contributed by atoms with Crippen LogP contribution in [0.2, 0.25) is 0 Å². The average Bonchev–Trinajstić information content (AvgIpc) is 3.25. The molecule has 0 fully saturated rings. The molecule has 2 heterocycles. The Morgan fingerprint density at radius 2 is 1.92 bits per heavy atom. The fourth-order valence-corrected chi connectivity index (χ4v) is 2.58. The molecule has 0 spiro atoms. The first-order valence-corrected chi connectivity index (χ1v) is 8.62. The van der Waals surface area contributed by atoms with Gasteiger partial charge in [0.15, 0.2) is 5.82 Å². The van der Waals surface area contributed by atoms with Crippen molar-refractivity contribution >= 4 is 33.6 Å². The number of hydrogen-bond donors (Lipinski definition) is 2. The number of carboxylic acids is 1. The van der Waals surface area contributed by atoms with Crippen LogP contribution in [0, 0.1) is 0 Å². The SMILES string of the molecule is O=C(CCn1cc(C(=O)O)cn1)Nc1ccn(Cc2ccc(Br)cc2)n1. The van der Waals surface area contributed by atoms with E-state index in [1.54, 1.807) is 16.9 Å². The number of carbonyl (C=O) groups is 2. The summed E-state index contributed by atoms with van der Waals surface area (Å²) in [6, 6.07) is 9.66. The van der Waals surface area contributed by atoms with Crippen LogP contribution in [0.3, 0.4) is 0 Å². The molecule has 0 aliphatic rings. The minimum absolute atomic E-state index is 0.0945. The lowest BCUT2D eigenvalue weighted by Crippen LogP contribution is -2.15. The quantitative estimate of drug-likeness (QED) is 0.614. The van der Waals surface area contributed by atoms with Crippen LogP contribution in [0.15, 0.2) is 53.4 Å². The third-order valence-electron chi connectivity index (χ3n) is 3.61. The normalized spacial score (nSPS) is 10.7. The Labute approximate surface area is 157 Å². The van der Waals surface area contributed by atoms with Gasteiger partial charge in [-0.05, 0) is 17.7 Å². The average molecular weight is 418 g/mol. The molecule has 26 heavy (non-hydrogen) atoms. The van der Waals surface area contributed by atoms with Gasteiger partial charge in [-0.2, -0.15) is 10.2 Å². The number of aromatic carboxylic acids is 1. The maximum absolute atomic E-state index is 12.0. The predicted molar refractivity (Wildman–Crippen MR) is 97.9 cm³/mol. The Bertz CT molecular complexity index is 917. The molecule has 1 aromatic carbocycles. The number of rotatable bonds is 7. The molecule has 0 unspecified atom stereocenters. The summed E-state index contributed by atoms with van der Waals surface area (Å²) in [4.78, 5) is 22.8. The summed E-state index contributed by atoms with van der Waals surface area (Å²) in [6.07, 6.45) is 4.61. The molecule has 0 aliphatic heterocycles. The third kappa shape index (κ3) is 4.79. The van der Waals surface area contributed by atoms with Crippen molar-refractivity contribution in [2.75, 3.05) is 5.32 Å². The lowest BCUT2D eigenvalue weighted by Gasteiger charge is -2.04. The molecule has 0 radical (unpaired) electrons. The van der Waals surface area contributed by atoms with Crippen molar-refractivity contribution in [2.24, 2.45) is 0 Å². The van der Waals surface area contributed by atoms with Gasteiger partial charge in [0.1, 0.15) is 0 Å². The van der Waals surface area contributed by atoms with E-state index in [1.807, 2.05) is 24.3 Å². The first-order valence-electron chi connectivity index (χ1n) is 7.83. The molecule has 0 atom stereocenters. The van der Waals surface area contributed by atoms with Crippen molar-refractivity contribution in [3.8, 4) is 0 Å². The Morgan fingerprint density at radius 3 is 2.62 bits per heavy atom. The molecule has 0 bridgehead atoms. The molecule has 3 rings (SSSR count). The number of carboxylic acid groups (broad SMARTS) is 1. The zero-order valence-electron chi connectivity index (χ0n) is 13.7. The monoisotopic (exact) mass is 417 g/mol. The van der Waals surface area contributed by atoms with Crippen molar-refractivity contribution in [1.29, 1.82) is 0 Å². The highest BCUT2D eigenvalue weighted by Gasteiger charge is 2.09. The highest BCUT2D eigenvalue weighted by Crippen LogP contribution is 2.12. The molecule has 134 valence electrons. The summed E-state index contributed by atoms with van der Waals surface area (Å²) in [7, 11) is 0. The molecule has 2 N–H and O–H groups in total. The Kier molecular flexibility index (Phi) is 5.47. The second-order valence-electron chi connectivity index (χ2n) is 5.62. The molecular formula is C17H16BrN5O3. The van der Waals surface area contributed by atoms with Crippen LogP contribution in [-0.4, -0.2) is 36.5 Å². The van der Waals surface area contributed by atoms with E-state index in [-0.39, 0.29) is 17.9 Å². The second kappa shape index (κ2) is 7.96. The van der Waals surface area contributed by atoms with Crippen LogP contribution < -0.4 is 5.32 Å². The number of hydrogen-bond acceptors (Lipinski definition) is 4. The van der Waals surface area contributed by atoms with E-state index in [9.17, 15) is 9.59 Å². The molecule has 8 nitrogen and oxygen atoms in total. The van der Waals surface area contributed by atoms with Gasteiger partial charge in [-0.3, -0.25) is 14.2 Å². The Morgan fingerprint density at radius 1 is 1.15 bits per heavy atom. The zero-order valence-corrected chi connectivity index (χ0v) is 15.3. The summed E-state index contributed by atoms with van der Waals surface area (Å²) < 4.78 is 4.18. The number of amides is 1. The van der Waals surface area contributed by atoms with Crippen LogP contribution >= 0.6 is 15.9 Å². The van der Waals surface area contributed by atoms with Gasteiger partial charge >= 0.3 is 5.97 Å². The molecule has 0 saturated heterocycles. The number of aryl methyl sites for hydroxylation is 1. The maximum atomic E-state index is 12.0. The van der Waals surface area contributed by atoms with Gasteiger partial charge in [0.25, 0.3) is 0 Å². The van der Waals surface area contributed by atoms with Crippen LogP contribution in [0.25, 0.3) is 0 Å². The number of halogens is 1. The molecular weight excluding hydrogens is 402 g/mol. The van der Waals surface area contributed by atoms with Crippen LogP contribution in [0.5, 0.6) is 0 Å². The van der Waals surface area contributed by atoms with E-state index in [0.29, 0.717) is 18.9 Å². The van der Waals surface area contributed by atoms with Gasteiger partial charge in [0.2, 0.25) is 5.91 Å². The Hall–Kier alpha value is -2.94. The standard InChI is InChI=1S/C17H16BrN5O3/c18-14-3-1-12(2-4-14)10-23-7-5-15(21-23)20-16(24)6-8-22-11-13(9-19-22)17(25)26/h1-5,7,9,11H,6,8,10H2,(H,25,26)(H,20,21,24). The van der Waals surface area contributed by atoms with E-state index >= 15 is 0 Å². The summed E-state index contributed by atoms with van der Waals surface area (Å²) in [6.45, 7) is 0.896. The molecule has 1 amide bonds. The van der Waals surface area contributed by atoms with E-state index in [1.165, 1.54) is 17.1 Å². The van der Waals surface area contributed by atoms with Gasteiger partial charge in [-0.15, -0.1) is 0 Å². The number of nitrogens with zero attached hydrogens (tertiary/aromatic N) is 4. The van der Waals surface area contributed by atoms with E-state index in [0.717, 1.165) is 10.0 Å². The topological polar surface area (TPSA) is 102 Å². The van der Waals surface area contributed by atoms with Gasteiger partial charge in [0, 0.05) is 35.9 Å². The highest BCUT2D eigenvalue weighted by molar-refractivity contribution is 9.10. The van der Waals surface area contributed by atoms with Crippen LogP contribution in [0.4, 0.5) is 5.82 Å². The number of nitrogens with one attached hydrogen (secondary N) is 1.